The number of nitrogens with one attached hydrogen (secondary N) is 1. The van der Waals surface area contributed by atoms with Crippen LogP contribution in [0.4, 0.5) is 5.69 Å². The van der Waals surface area contributed by atoms with Gasteiger partial charge >= 0.3 is 0 Å². The molecule has 2 heterocycles. The van der Waals surface area contributed by atoms with Crippen LogP contribution in [-0.4, -0.2) is 36.7 Å². The molecule has 0 spiro atoms. The Morgan fingerprint density at radius 3 is 2.67 bits per heavy atom. The monoisotopic (exact) mass is 324 g/mol. The van der Waals surface area contributed by atoms with Crippen molar-refractivity contribution in [3.8, 4) is 11.5 Å². The summed E-state index contributed by atoms with van der Waals surface area (Å²) in [4.78, 5) is 2.55. The van der Waals surface area contributed by atoms with Crippen LogP contribution in [0, 0.1) is 0 Å². The Labute approximate surface area is 143 Å². The fraction of sp³-hybridized carbons (Fsp3) is 0.400. The van der Waals surface area contributed by atoms with E-state index in [0.29, 0.717) is 25.3 Å². The number of fused-ring (bicyclic) bond motifs is 1. The summed E-state index contributed by atoms with van der Waals surface area (Å²) in [7, 11) is 0. The molecule has 24 heavy (non-hydrogen) atoms. The van der Waals surface area contributed by atoms with Crippen LogP contribution >= 0.6 is 0 Å². The second-order valence-corrected chi connectivity index (χ2v) is 6.70. The number of benzene rings is 2. The van der Waals surface area contributed by atoms with E-state index in [4.69, 9.17) is 9.47 Å². The fourth-order valence-electron chi connectivity index (χ4n) is 3.61. The highest BCUT2D eigenvalue weighted by molar-refractivity contribution is 5.55. The molecule has 4 nitrogen and oxygen atoms in total. The molecule has 2 atom stereocenters. The van der Waals surface area contributed by atoms with E-state index >= 15 is 0 Å². The summed E-state index contributed by atoms with van der Waals surface area (Å²) in [5.74, 6) is 1.69. The van der Waals surface area contributed by atoms with Crippen molar-refractivity contribution in [3.05, 3.63) is 54.1 Å². The number of ether oxygens (including phenoxy) is 2. The third kappa shape index (κ3) is 3.34. The zero-order chi connectivity index (χ0) is 16.4. The third-order valence-corrected chi connectivity index (χ3v) is 4.85. The average Bonchev–Trinajstić information content (AvgIpc) is 2.95. The fourth-order valence-corrected chi connectivity index (χ4v) is 3.61. The first-order valence-electron chi connectivity index (χ1n) is 8.72. The van der Waals surface area contributed by atoms with Crippen molar-refractivity contribution in [1.29, 1.82) is 0 Å². The highest BCUT2D eigenvalue weighted by atomic mass is 16.6. The molecule has 2 aromatic carbocycles. The highest BCUT2D eigenvalue weighted by Gasteiger charge is 2.29. The van der Waals surface area contributed by atoms with Gasteiger partial charge in [-0.2, -0.15) is 0 Å². The first-order valence-corrected chi connectivity index (χ1v) is 8.72. The summed E-state index contributed by atoms with van der Waals surface area (Å²) in [6.07, 6.45) is 1.15. The quantitative estimate of drug-likeness (QED) is 0.933. The number of likely N-dealkylation sites (tertiary alicyclic amines) is 1. The van der Waals surface area contributed by atoms with Gasteiger partial charge in [-0.05, 0) is 31.0 Å². The molecule has 4 heteroatoms. The molecule has 1 N–H and O–H groups in total. The lowest BCUT2D eigenvalue weighted by atomic mass is 10.1. The molecule has 0 aromatic heterocycles. The molecule has 2 aliphatic rings. The molecule has 0 aliphatic carbocycles. The maximum Gasteiger partial charge on any atom is 0.163 e. The second-order valence-electron chi connectivity index (χ2n) is 6.70. The van der Waals surface area contributed by atoms with Gasteiger partial charge in [0.1, 0.15) is 13.2 Å². The molecule has 4 rings (SSSR count). The molecule has 0 saturated carbocycles. The molecule has 0 radical (unpaired) electrons. The number of hydrogen-bond donors (Lipinski definition) is 1. The van der Waals surface area contributed by atoms with Gasteiger partial charge in [0.2, 0.25) is 0 Å². The summed E-state index contributed by atoms with van der Waals surface area (Å²) in [5, 5.41) is 3.66. The van der Waals surface area contributed by atoms with Crippen LogP contribution in [0.2, 0.25) is 0 Å². The van der Waals surface area contributed by atoms with Crippen molar-refractivity contribution >= 4 is 5.69 Å². The Morgan fingerprint density at radius 2 is 1.83 bits per heavy atom. The Balaban J connectivity index is 1.39. The van der Waals surface area contributed by atoms with Gasteiger partial charge in [-0.3, -0.25) is 4.90 Å². The third-order valence-electron chi connectivity index (χ3n) is 4.85. The van der Waals surface area contributed by atoms with Crippen LogP contribution in [0.15, 0.2) is 48.5 Å². The largest absolute Gasteiger partial charge is 0.486 e. The molecule has 1 fully saturated rings. The van der Waals surface area contributed by atoms with Crippen LogP contribution in [-0.2, 0) is 6.54 Å². The zero-order valence-electron chi connectivity index (χ0n) is 14.1. The maximum absolute atomic E-state index is 5.67. The van der Waals surface area contributed by atoms with E-state index in [-0.39, 0.29) is 0 Å². The Morgan fingerprint density at radius 1 is 1.04 bits per heavy atom. The van der Waals surface area contributed by atoms with Crippen LogP contribution in [0.1, 0.15) is 18.9 Å². The standard InChI is InChI=1S/C20H24N2O2/c1-15-11-18(14-22(15)13-16-5-3-2-4-6-16)21-17-7-8-19-20(12-17)24-10-9-23-19/h2-8,12,15,18,21H,9-11,13-14H2,1H3/t15-,18-/m0/s1. The minimum atomic E-state index is 0.464. The number of hydrogen-bond acceptors (Lipinski definition) is 4. The van der Waals surface area contributed by atoms with Crippen molar-refractivity contribution in [1.82, 2.24) is 4.90 Å². The Bertz CT molecular complexity index is 689. The summed E-state index contributed by atoms with van der Waals surface area (Å²) in [6.45, 7) is 5.65. The van der Waals surface area contributed by atoms with Gasteiger partial charge in [0.05, 0.1) is 0 Å². The highest BCUT2D eigenvalue weighted by Crippen LogP contribution is 2.33. The van der Waals surface area contributed by atoms with Crippen molar-refractivity contribution < 1.29 is 9.47 Å². The van der Waals surface area contributed by atoms with Crippen LogP contribution in [0.5, 0.6) is 11.5 Å². The lowest BCUT2D eigenvalue weighted by Crippen LogP contribution is -2.28. The summed E-state index contributed by atoms with van der Waals surface area (Å²) < 4.78 is 11.3. The number of rotatable bonds is 4. The van der Waals surface area contributed by atoms with Crippen LogP contribution < -0.4 is 14.8 Å². The summed E-state index contributed by atoms with van der Waals surface area (Å²) in [5.41, 5.74) is 2.49. The van der Waals surface area contributed by atoms with Crippen LogP contribution in [0.3, 0.4) is 0 Å². The van der Waals surface area contributed by atoms with E-state index in [1.54, 1.807) is 0 Å². The lowest BCUT2D eigenvalue weighted by molar-refractivity contribution is 0.171. The van der Waals surface area contributed by atoms with Gasteiger partial charge in [0, 0.05) is 36.9 Å². The molecule has 126 valence electrons. The van der Waals surface area contributed by atoms with Gasteiger partial charge in [0.25, 0.3) is 0 Å². The lowest BCUT2D eigenvalue weighted by Gasteiger charge is -2.21. The SMILES string of the molecule is C[C@H]1C[C@H](Nc2ccc3c(c2)OCCO3)CN1Cc1ccccc1. The zero-order valence-corrected chi connectivity index (χ0v) is 14.1. The van der Waals surface area contributed by atoms with E-state index in [0.717, 1.165) is 36.7 Å². The van der Waals surface area contributed by atoms with Gasteiger partial charge in [-0.1, -0.05) is 30.3 Å². The molecule has 2 aliphatic heterocycles. The molecule has 2 aromatic rings. The predicted octanol–water partition coefficient (Wildman–Crippen LogP) is 3.53. The van der Waals surface area contributed by atoms with E-state index in [1.165, 1.54) is 5.56 Å². The van der Waals surface area contributed by atoms with E-state index in [9.17, 15) is 0 Å². The van der Waals surface area contributed by atoms with Gasteiger partial charge in [-0.15, -0.1) is 0 Å². The van der Waals surface area contributed by atoms with E-state index in [2.05, 4.69) is 59.6 Å². The summed E-state index contributed by atoms with van der Waals surface area (Å²) >= 11 is 0. The van der Waals surface area contributed by atoms with E-state index in [1.807, 2.05) is 6.07 Å². The normalized spacial score (nSPS) is 23.2. The van der Waals surface area contributed by atoms with Crippen molar-refractivity contribution in [2.24, 2.45) is 0 Å². The van der Waals surface area contributed by atoms with Crippen molar-refractivity contribution in [3.63, 3.8) is 0 Å². The minimum Gasteiger partial charge on any atom is -0.486 e. The Hall–Kier alpha value is -2.20. The molecule has 0 bridgehead atoms. The maximum atomic E-state index is 5.67. The Kier molecular flexibility index (Phi) is 4.30. The number of nitrogens with zero attached hydrogens (tertiary/aromatic N) is 1. The van der Waals surface area contributed by atoms with Gasteiger partial charge in [-0.25, -0.2) is 0 Å². The van der Waals surface area contributed by atoms with Crippen molar-refractivity contribution in [2.75, 3.05) is 25.1 Å². The van der Waals surface area contributed by atoms with E-state index < -0.39 is 0 Å². The summed E-state index contributed by atoms with van der Waals surface area (Å²) in [6, 6.07) is 17.9. The first-order chi connectivity index (χ1) is 11.8. The first kappa shape index (κ1) is 15.3. The molecule has 0 unspecified atom stereocenters. The second kappa shape index (κ2) is 6.73. The molecular weight excluding hydrogens is 300 g/mol. The van der Waals surface area contributed by atoms with Crippen molar-refractivity contribution in [2.45, 2.75) is 32.0 Å². The minimum absolute atomic E-state index is 0.464. The molecular formula is C20H24N2O2. The predicted molar refractivity (Wildman–Crippen MR) is 95.8 cm³/mol. The number of anilines is 1. The smallest absolute Gasteiger partial charge is 0.163 e. The topological polar surface area (TPSA) is 33.7 Å². The molecule has 0 amide bonds. The average molecular weight is 324 g/mol. The van der Waals surface area contributed by atoms with Crippen LogP contribution in [0.25, 0.3) is 0 Å². The van der Waals surface area contributed by atoms with Gasteiger partial charge < -0.3 is 14.8 Å². The van der Waals surface area contributed by atoms with Gasteiger partial charge in [0.15, 0.2) is 11.5 Å². The molecule has 1 saturated heterocycles.